The van der Waals surface area contributed by atoms with E-state index in [4.69, 9.17) is 4.42 Å². The fourth-order valence-electron chi connectivity index (χ4n) is 2.16. The molecule has 0 aliphatic rings. The van der Waals surface area contributed by atoms with Crippen molar-refractivity contribution in [3.63, 3.8) is 0 Å². The maximum absolute atomic E-state index is 5.61. The Morgan fingerprint density at radius 1 is 1.33 bits per heavy atom. The average molecular weight is 252 g/mol. The summed E-state index contributed by atoms with van der Waals surface area (Å²) in [6.07, 6.45) is 0. The van der Waals surface area contributed by atoms with E-state index in [1.807, 2.05) is 13.0 Å². The number of furan rings is 1. The van der Waals surface area contributed by atoms with Crippen LogP contribution in [0.3, 0.4) is 0 Å². The molecule has 1 N–H and O–H groups in total. The highest BCUT2D eigenvalue weighted by Crippen LogP contribution is 2.17. The molecule has 0 unspecified atom stereocenters. The molecule has 1 heterocycles. The van der Waals surface area contributed by atoms with E-state index in [0.717, 1.165) is 31.2 Å². The lowest BCUT2D eigenvalue weighted by Crippen LogP contribution is -2.40. The Morgan fingerprint density at radius 3 is 2.50 bits per heavy atom. The zero-order chi connectivity index (χ0) is 13.8. The number of nitrogens with zero attached hydrogens (tertiary/aromatic N) is 1. The minimum absolute atomic E-state index is 0.265. The minimum Gasteiger partial charge on any atom is -0.465 e. The molecular formula is C15H28N2O. The molecule has 0 bridgehead atoms. The van der Waals surface area contributed by atoms with Crippen LogP contribution in [0.25, 0.3) is 0 Å². The topological polar surface area (TPSA) is 28.4 Å². The second kappa shape index (κ2) is 6.39. The highest BCUT2D eigenvalue weighted by atomic mass is 16.3. The molecule has 3 heteroatoms. The highest BCUT2D eigenvalue weighted by molar-refractivity contribution is 5.05. The van der Waals surface area contributed by atoms with Gasteiger partial charge in [0, 0.05) is 19.1 Å². The molecule has 1 aromatic heterocycles. The summed E-state index contributed by atoms with van der Waals surface area (Å²) in [7, 11) is 2.15. The lowest BCUT2D eigenvalue weighted by atomic mass is 9.92. The van der Waals surface area contributed by atoms with Crippen LogP contribution in [-0.4, -0.2) is 31.1 Å². The van der Waals surface area contributed by atoms with Gasteiger partial charge in [-0.05, 0) is 31.5 Å². The molecule has 0 aliphatic heterocycles. The number of hydrogen-bond donors (Lipinski definition) is 1. The first-order valence-corrected chi connectivity index (χ1v) is 6.76. The van der Waals surface area contributed by atoms with Crippen LogP contribution >= 0.6 is 0 Å². The molecule has 3 nitrogen and oxygen atoms in total. The van der Waals surface area contributed by atoms with Crippen molar-refractivity contribution in [3.8, 4) is 0 Å². The van der Waals surface area contributed by atoms with E-state index in [1.54, 1.807) is 0 Å². The van der Waals surface area contributed by atoms with Crippen molar-refractivity contribution in [2.45, 2.75) is 47.2 Å². The molecule has 104 valence electrons. The summed E-state index contributed by atoms with van der Waals surface area (Å²) < 4.78 is 5.61. The summed E-state index contributed by atoms with van der Waals surface area (Å²) in [5.74, 6) is 2.03. The molecule has 1 aromatic rings. The van der Waals surface area contributed by atoms with Crippen LogP contribution in [-0.2, 0) is 6.54 Å². The maximum Gasteiger partial charge on any atom is 0.118 e. The second-order valence-corrected chi connectivity index (χ2v) is 6.38. The van der Waals surface area contributed by atoms with Crippen LogP contribution in [0.15, 0.2) is 16.5 Å². The molecule has 1 rings (SSSR count). The molecule has 18 heavy (non-hydrogen) atoms. The van der Waals surface area contributed by atoms with Crippen molar-refractivity contribution in [1.29, 1.82) is 0 Å². The molecule has 0 fully saturated rings. The van der Waals surface area contributed by atoms with Gasteiger partial charge in [-0.15, -0.1) is 0 Å². The van der Waals surface area contributed by atoms with Crippen LogP contribution in [0.4, 0.5) is 0 Å². The predicted molar refractivity (Wildman–Crippen MR) is 76.7 cm³/mol. The lowest BCUT2D eigenvalue weighted by Gasteiger charge is -2.31. The quantitative estimate of drug-likeness (QED) is 0.808. The Morgan fingerprint density at radius 2 is 2.00 bits per heavy atom. The average Bonchev–Trinajstić information content (AvgIpc) is 2.60. The fourth-order valence-corrected chi connectivity index (χ4v) is 2.16. The standard InChI is InChI=1S/C15H28N2O/c1-12(2)16-10-15(4,5)11-17(6)9-14-8-7-13(3)18-14/h7-8,12,16H,9-11H2,1-6H3. The third-order valence-corrected chi connectivity index (χ3v) is 2.91. The van der Waals surface area contributed by atoms with Crippen molar-refractivity contribution in [3.05, 3.63) is 23.7 Å². The zero-order valence-electron chi connectivity index (χ0n) is 12.7. The Kier molecular flexibility index (Phi) is 5.42. The second-order valence-electron chi connectivity index (χ2n) is 6.38. The summed E-state index contributed by atoms with van der Waals surface area (Å²) in [6.45, 7) is 13.9. The van der Waals surface area contributed by atoms with Gasteiger partial charge in [-0.1, -0.05) is 27.7 Å². The SMILES string of the molecule is Cc1ccc(CN(C)CC(C)(C)CNC(C)C)o1. The summed E-state index contributed by atoms with van der Waals surface area (Å²) >= 11 is 0. The van der Waals surface area contributed by atoms with Crippen molar-refractivity contribution in [2.75, 3.05) is 20.1 Å². The number of rotatable bonds is 7. The molecule has 0 spiro atoms. The van der Waals surface area contributed by atoms with Crippen LogP contribution in [0, 0.1) is 12.3 Å². The third kappa shape index (κ3) is 5.69. The summed E-state index contributed by atoms with van der Waals surface area (Å²) in [5.41, 5.74) is 0.265. The van der Waals surface area contributed by atoms with E-state index >= 15 is 0 Å². The lowest BCUT2D eigenvalue weighted by molar-refractivity contribution is 0.185. The van der Waals surface area contributed by atoms with Crippen LogP contribution in [0.1, 0.15) is 39.2 Å². The first-order valence-electron chi connectivity index (χ1n) is 6.76. The first kappa shape index (κ1) is 15.3. The normalized spacial score (nSPS) is 12.7. The largest absolute Gasteiger partial charge is 0.465 e. The Labute approximate surface area is 112 Å². The van der Waals surface area contributed by atoms with Crippen molar-refractivity contribution >= 4 is 0 Å². The van der Waals surface area contributed by atoms with Crippen LogP contribution in [0.2, 0.25) is 0 Å². The van der Waals surface area contributed by atoms with Crippen LogP contribution < -0.4 is 5.32 Å². The van der Waals surface area contributed by atoms with E-state index in [2.05, 4.69) is 51.0 Å². The molecule has 0 aliphatic carbocycles. The van der Waals surface area contributed by atoms with Gasteiger partial charge in [-0.3, -0.25) is 4.90 Å². The summed E-state index contributed by atoms with van der Waals surface area (Å²) in [5, 5.41) is 3.51. The first-order chi connectivity index (χ1) is 8.28. The van der Waals surface area contributed by atoms with Gasteiger partial charge < -0.3 is 9.73 Å². The van der Waals surface area contributed by atoms with Gasteiger partial charge >= 0.3 is 0 Å². The Hall–Kier alpha value is -0.800. The van der Waals surface area contributed by atoms with Crippen molar-refractivity contribution in [2.24, 2.45) is 5.41 Å². The van der Waals surface area contributed by atoms with Gasteiger partial charge in [0.1, 0.15) is 11.5 Å². The highest BCUT2D eigenvalue weighted by Gasteiger charge is 2.20. The van der Waals surface area contributed by atoms with Crippen molar-refractivity contribution in [1.82, 2.24) is 10.2 Å². The van der Waals surface area contributed by atoms with E-state index in [9.17, 15) is 0 Å². The Bertz CT molecular complexity index is 355. The van der Waals surface area contributed by atoms with Gasteiger partial charge in [0.25, 0.3) is 0 Å². The Balaban J connectivity index is 2.40. The number of hydrogen-bond acceptors (Lipinski definition) is 3. The molecule has 0 radical (unpaired) electrons. The van der Waals surface area contributed by atoms with Gasteiger partial charge in [0.15, 0.2) is 0 Å². The number of nitrogens with one attached hydrogen (secondary N) is 1. The monoisotopic (exact) mass is 252 g/mol. The van der Waals surface area contributed by atoms with Gasteiger partial charge in [0.2, 0.25) is 0 Å². The third-order valence-electron chi connectivity index (χ3n) is 2.91. The van der Waals surface area contributed by atoms with E-state index in [-0.39, 0.29) is 5.41 Å². The number of aryl methyl sites for hydroxylation is 1. The minimum atomic E-state index is 0.265. The fraction of sp³-hybridized carbons (Fsp3) is 0.733. The molecule has 0 saturated carbocycles. The van der Waals surface area contributed by atoms with E-state index < -0.39 is 0 Å². The van der Waals surface area contributed by atoms with Crippen LogP contribution in [0.5, 0.6) is 0 Å². The van der Waals surface area contributed by atoms with Gasteiger partial charge in [-0.25, -0.2) is 0 Å². The van der Waals surface area contributed by atoms with Gasteiger partial charge in [0.05, 0.1) is 6.54 Å². The van der Waals surface area contributed by atoms with E-state index in [0.29, 0.717) is 6.04 Å². The molecule has 0 saturated heterocycles. The smallest absolute Gasteiger partial charge is 0.118 e. The molecule has 0 atom stereocenters. The molecular weight excluding hydrogens is 224 g/mol. The molecule has 0 aromatic carbocycles. The van der Waals surface area contributed by atoms with E-state index in [1.165, 1.54) is 0 Å². The molecule has 0 amide bonds. The van der Waals surface area contributed by atoms with Gasteiger partial charge in [-0.2, -0.15) is 0 Å². The summed E-state index contributed by atoms with van der Waals surface area (Å²) in [4.78, 5) is 2.32. The van der Waals surface area contributed by atoms with Crippen molar-refractivity contribution < 1.29 is 4.42 Å². The zero-order valence-corrected chi connectivity index (χ0v) is 12.7. The maximum atomic E-state index is 5.61. The predicted octanol–water partition coefficient (Wildman–Crippen LogP) is 3.04. The summed E-state index contributed by atoms with van der Waals surface area (Å²) in [6, 6.07) is 4.63.